The lowest BCUT2D eigenvalue weighted by atomic mass is 9.42. The van der Waals surface area contributed by atoms with Crippen LogP contribution in [0.3, 0.4) is 0 Å². The van der Waals surface area contributed by atoms with Gasteiger partial charge in [0.15, 0.2) is 0 Å². The number of rotatable bonds is 6. The fourth-order valence-electron chi connectivity index (χ4n) is 8.95. The average molecular weight is 577 g/mol. The minimum atomic E-state index is -0.159. The van der Waals surface area contributed by atoms with Crippen molar-refractivity contribution in [2.75, 3.05) is 0 Å². The fraction of sp³-hybridized carbons (Fsp3) is 0.385. The molecule has 0 unspecified atom stereocenters. The van der Waals surface area contributed by atoms with Crippen LogP contribution in [0.5, 0.6) is 23.0 Å². The monoisotopic (exact) mass is 576 g/mol. The van der Waals surface area contributed by atoms with Crippen molar-refractivity contribution in [2.24, 2.45) is 5.41 Å². The zero-order chi connectivity index (χ0) is 30.2. The van der Waals surface area contributed by atoms with E-state index in [0.29, 0.717) is 23.3 Å². The molecule has 4 aromatic rings. The van der Waals surface area contributed by atoms with Crippen molar-refractivity contribution >= 4 is 0 Å². The SMILES string of the molecule is CC(C)(C1(c2ccc(O)cc2)CCC(c2ccc(O)cc2)CC1)C1(c2ccc(O)cc2)CCC(c2ccc(O)cc2)CC1. The smallest absolute Gasteiger partial charge is 0.115 e. The Hall–Kier alpha value is -3.92. The van der Waals surface area contributed by atoms with Crippen molar-refractivity contribution in [2.45, 2.75) is 87.9 Å². The molecule has 2 fully saturated rings. The predicted octanol–water partition coefficient (Wildman–Crippen LogP) is 9.43. The molecule has 0 amide bonds. The lowest BCUT2D eigenvalue weighted by Crippen LogP contribution is -2.57. The Bertz CT molecular complexity index is 1390. The summed E-state index contributed by atoms with van der Waals surface area (Å²) in [6.45, 7) is 4.96. The van der Waals surface area contributed by atoms with Gasteiger partial charge in [-0.05, 0) is 139 Å². The van der Waals surface area contributed by atoms with Crippen molar-refractivity contribution in [3.05, 3.63) is 119 Å². The van der Waals surface area contributed by atoms with Gasteiger partial charge in [-0.3, -0.25) is 0 Å². The van der Waals surface area contributed by atoms with Crippen LogP contribution >= 0.6 is 0 Å². The first-order valence-corrected chi connectivity index (χ1v) is 15.8. The number of aromatic hydroxyl groups is 4. The summed E-state index contributed by atoms with van der Waals surface area (Å²) in [4.78, 5) is 0. The highest BCUT2D eigenvalue weighted by Crippen LogP contribution is 2.65. The van der Waals surface area contributed by atoms with E-state index < -0.39 is 0 Å². The van der Waals surface area contributed by atoms with Gasteiger partial charge in [-0.1, -0.05) is 62.4 Å². The molecule has 0 aromatic heterocycles. The second-order valence-electron chi connectivity index (χ2n) is 13.6. The first kappa shape index (κ1) is 29.2. The summed E-state index contributed by atoms with van der Waals surface area (Å²) in [6.07, 6.45) is 8.31. The standard InChI is InChI=1S/C39H44O4/c1-37(2,38(31-7-15-35(42)16-8-31)23-19-29(20-24-38)27-3-11-33(40)12-4-27)39(32-9-17-36(43)18-10-32)25-21-30(22-26-39)28-5-13-34(41)14-6-28/h3-18,29-30,40-43H,19-26H2,1-2H3. The molecule has 2 aliphatic rings. The second kappa shape index (κ2) is 11.3. The first-order chi connectivity index (χ1) is 20.6. The van der Waals surface area contributed by atoms with Gasteiger partial charge in [0.2, 0.25) is 0 Å². The number of hydrogen-bond acceptors (Lipinski definition) is 4. The minimum Gasteiger partial charge on any atom is -0.508 e. The molecule has 0 saturated heterocycles. The molecule has 4 nitrogen and oxygen atoms in total. The summed E-state index contributed by atoms with van der Waals surface area (Å²) < 4.78 is 0. The van der Waals surface area contributed by atoms with E-state index in [2.05, 4.69) is 62.4 Å². The summed E-state index contributed by atoms with van der Waals surface area (Å²) in [5, 5.41) is 40.2. The summed E-state index contributed by atoms with van der Waals surface area (Å²) in [5.41, 5.74) is 4.74. The molecule has 224 valence electrons. The largest absolute Gasteiger partial charge is 0.508 e. The maximum Gasteiger partial charge on any atom is 0.115 e. The molecule has 0 radical (unpaired) electrons. The Morgan fingerprint density at radius 1 is 0.442 bits per heavy atom. The van der Waals surface area contributed by atoms with Crippen LogP contribution in [-0.2, 0) is 10.8 Å². The molecule has 4 aromatic carbocycles. The van der Waals surface area contributed by atoms with Crippen LogP contribution in [-0.4, -0.2) is 20.4 Å². The minimum absolute atomic E-state index is 0.128. The summed E-state index contributed by atoms with van der Waals surface area (Å²) in [5.74, 6) is 2.07. The third-order valence-electron chi connectivity index (χ3n) is 11.6. The van der Waals surface area contributed by atoms with E-state index in [-0.39, 0.29) is 27.7 Å². The van der Waals surface area contributed by atoms with Gasteiger partial charge in [0.25, 0.3) is 0 Å². The average Bonchev–Trinajstić information content (AvgIpc) is 3.02. The molecule has 4 N–H and O–H groups in total. The van der Waals surface area contributed by atoms with Crippen LogP contribution in [0.2, 0.25) is 0 Å². The van der Waals surface area contributed by atoms with Crippen molar-refractivity contribution in [1.29, 1.82) is 0 Å². The zero-order valence-electron chi connectivity index (χ0n) is 25.3. The highest BCUT2D eigenvalue weighted by molar-refractivity contribution is 5.42. The molecule has 43 heavy (non-hydrogen) atoms. The van der Waals surface area contributed by atoms with Crippen LogP contribution in [0, 0.1) is 5.41 Å². The van der Waals surface area contributed by atoms with Crippen LogP contribution < -0.4 is 0 Å². The Kier molecular flexibility index (Phi) is 7.66. The van der Waals surface area contributed by atoms with Gasteiger partial charge < -0.3 is 20.4 Å². The number of phenolic OH excluding ortho intramolecular Hbond substituents is 4. The van der Waals surface area contributed by atoms with Crippen molar-refractivity contribution in [3.8, 4) is 23.0 Å². The molecule has 0 spiro atoms. The summed E-state index contributed by atoms with van der Waals surface area (Å²) in [6, 6.07) is 31.4. The zero-order valence-corrected chi connectivity index (χ0v) is 25.3. The van der Waals surface area contributed by atoms with E-state index in [4.69, 9.17) is 0 Å². The molecule has 0 heterocycles. The molecule has 0 atom stereocenters. The van der Waals surface area contributed by atoms with Crippen LogP contribution in [0.15, 0.2) is 97.1 Å². The van der Waals surface area contributed by atoms with E-state index in [1.54, 1.807) is 24.3 Å². The Morgan fingerprint density at radius 3 is 0.977 bits per heavy atom. The van der Waals surface area contributed by atoms with E-state index in [0.717, 1.165) is 51.4 Å². The van der Waals surface area contributed by atoms with Gasteiger partial charge in [0, 0.05) is 10.8 Å². The first-order valence-electron chi connectivity index (χ1n) is 15.8. The van der Waals surface area contributed by atoms with Crippen LogP contribution in [0.4, 0.5) is 0 Å². The molecular weight excluding hydrogens is 532 g/mol. The van der Waals surface area contributed by atoms with E-state index in [1.165, 1.54) is 22.3 Å². The number of benzene rings is 4. The topological polar surface area (TPSA) is 80.9 Å². The normalized spacial score (nSPS) is 26.2. The highest BCUT2D eigenvalue weighted by Gasteiger charge is 2.59. The molecule has 0 bridgehead atoms. The van der Waals surface area contributed by atoms with Crippen LogP contribution in [0.25, 0.3) is 0 Å². The van der Waals surface area contributed by atoms with Crippen LogP contribution in [0.1, 0.15) is 99.3 Å². The molecule has 4 heteroatoms. The highest BCUT2D eigenvalue weighted by atomic mass is 16.3. The van der Waals surface area contributed by atoms with Gasteiger partial charge in [-0.25, -0.2) is 0 Å². The lowest BCUT2D eigenvalue weighted by Gasteiger charge is -2.62. The maximum absolute atomic E-state index is 10.3. The second-order valence-corrected chi connectivity index (χ2v) is 13.6. The quantitative estimate of drug-likeness (QED) is 0.184. The van der Waals surface area contributed by atoms with Gasteiger partial charge in [0.1, 0.15) is 23.0 Å². The van der Waals surface area contributed by atoms with E-state index >= 15 is 0 Å². The van der Waals surface area contributed by atoms with Gasteiger partial charge in [-0.2, -0.15) is 0 Å². The summed E-state index contributed by atoms with van der Waals surface area (Å²) >= 11 is 0. The van der Waals surface area contributed by atoms with E-state index in [1.807, 2.05) is 24.3 Å². The van der Waals surface area contributed by atoms with Gasteiger partial charge in [-0.15, -0.1) is 0 Å². The lowest BCUT2D eigenvalue weighted by molar-refractivity contribution is -0.00985. The molecule has 2 saturated carbocycles. The number of hydrogen-bond donors (Lipinski definition) is 4. The third-order valence-corrected chi connectivity index (χ3v) is 11.6. The van der Waals surface area contributed by atoms with Crippen molar-refractivity contribution in [1.82, 2.24) is 0 Å². The predicted molar refractivity (Wildman–Crippen MR) is 172 cm³/mol. The van der Waals surface area contributed by atoms with E-state index in [9.17, 15) is 20.4 Å². The van der Waals surface area contributed by atoms with Crippen molar-refractivity contribution in [3.63, 3.8) is 0 Å². The third kappa shape index (κ3) is 5.15. The Balaban J connectivity index is 1.41. The molecule has 6 rings (SSSR count). The number of phenols is 4. The Morgan fingerprint density at radius 2 is 0.698 bits per heavy atom. The molecule has 2 aliphatic carbocycles. The Labute approximate surface area is 255 Å². The van der Waals surface area contributed by atoms with Crippen molar-refractivity contribution < 1.29 is 20.4 Å². The molecule has 0 aliphatic heterocycles. The maximum atomic E-state index is 10.3. The van der Waals surface area contributed by atoms with Gasteiger partial charge >= 0.3 is 0 Å². The fourth-order valence-corrected chi connectivity index (χ4v) is 8.95. The summed E-state index contributed by atoms with van der Waals surface area (Å²) in [7, 11) is 0. The molecular formula is C39H44O4. The van der Waals surface area contributed by atoms with Gasteiger partial charge in [0.05, 0.1) is 0 Å².